The minimum Gasteiger partial charge on any atom is -0.315 e. The van der Waals surface area contributed by atoms with Crippen molar-refractivity contribution in [3.63, 3.8) is 0 Å². The summed E-state index contributed by atoms with van der Waals surface area (Å²) in [6.07, 6.45) is 6.23. The van der Waals surface area contributed by atoms with Gasteiger partial charge in [-0.05, 0) is 19.4 Å². The summed E-state index contributed by atoms with van der Waals surface area (Å²) in [7, 11) is 1.96. The van der Waals surface area contributed by atoms with Crippen molar-refractivity contribution in [2.75, 3.05) is 20.1 Å². The van der Waals surface area contributed by atoms with E-state index in [2.05, 4.69) is 19.2 Å². The van der Waals surface area contributed by atoms with Gasteiger partial charge in [0.15, 0.2) is 0 Å². The first-order valence-electron chi connectivity index (χ1n) is 5.90. The highest BCUT2D eigenvalue weighted by atomic mass is 15.4. The topological polar surface area (TPSA) is 41.3 Å². The van der Waals surface area contributed by atoms with Crippen molar-refractivity contribution < 1.29 is 0 Å². The Hall–Kier alpha value is -0.120. The molecule has 86 valence electrons. The zero-order chi connectivity index (χ0) is 10.8. The smallest absolute Gasteiger partial charge is 0.0362 e. The fourth-order valence-electron chi connectivity index (χ4n) is 1.46. The van der Waals surface area contributed by atoms with Gasteiger partial charge >= 0.3 is 0 Å². The molecule has 0 aliphatic heterocycles. The second-order valence-corrected chi connectivity index (χ2v) is 4.02. The highest BCUT2D eigenvalue weighted by Crippen LogP contribution is 2.03. The minimum atomic E-state index is 0.492. The Labute approximate surface area is 89.0 Å². The molecule has 0 aromatic heterocycles. The van der Waals surface area contributed by atoms with E-state index in [0.29, 0.717) is 6.04 Å². The molecule has 0 rings (SSSR count). The number of rotatable bonds is 9. The fraction of sp³-hybridized carbons (Fsp3) is 1.00. The van der Waals surface area contributed by atoms with Crippen molar-refractivity contribution in [1.82, 2.24) is 10.3 Å². The van der Waals surface area contributed by atoms with Crippen LogP contribution in [0.5, 0.6) is 0 Å². The van der Waals surface area contributed by atoms with Gasteiger partial charge in [-0.2, -0.15) is 0 Å². The number of hydrogen-bond donors (Lipinski definition) is 2. The maximum absolute atomic E-state index is 5.79. The van der Waals surface area contributed by atoms with E-state index in [9.17, 15) is 0 Å². The van der Waals surface area contributed by atoms with E-state index in [1.54, 1.807) is 0 Å². The van der Waals surface area contributed by atoms with Gasteiger partial charge in [-0.15, -0.1) is 0 Å². The number of hydrogen-bond acceptors (Lipinski definition) is 3. The van der Waals surface area contributed by atoms with Gasteiger partial charge in [-0.25, -0.2) is 5.01 Å². The van der Waals surface area contributed by atoms with E-state index < -0.39 is 0 Å². The van der Waals surface area contributed by atoms with Gasteiger partial charge in [0.25, 0.3) is 0 Å². The molecule has 0 amide bonds. The SMILES string of the molecule is CCCCNCC(CCCC)N(C)N. The van der Waals surface area contributed by atoms with E-state index in [0.717, 1.165) is 13.1 Å². The highest BCUT2D eigenvalue weighted by molar-refractivity contribution is 4.67. The molecule has 1 unspecified atom stereocenters. The first-order valence-corrected chi connectivity index (χ1v) is 5.90. The van der Waals surface area contributed by atoms with Crippen LogP contribution < -0.4 is 11.2 Å². The summed E-state index contributed by atoms with van der Waals surface area (Å²) in [4.78, 5) is 0. The quantitative estimate of drug-likeness (QED) is 0.339. The van der Waals surface area contributed by atoms with Crippen LogP contribution in [0.4, 0.5) is 0 Å². The molecular formula is C11H27N3. The minimum absolute atomic E-state index is 0.492. The second-order valence-electron chi connectivity index (χ2n) is 4.02. The van der Waals surface area contributed by atoms with Gasteiger partial charge in [-0.1, -0.05) is 33.1 Å². The molecule has 0 aliphatic carbocycles. The molecule has 0 aromatic carbocycles. The van der Waals surface area contributed by atoms with Crippen LogP contribution in [0.1, 0.15) is 46.0 Å². The van der Waals surface area contributed by atoms with Crippen LogP contribution >= 0.6 is 0 Å². The van der Waals surface area contributed by atoms with E-state index >= 15 is 0 Å². The predicted octanol–water partition coefficient (Wildman–Crippen LogP) is 1.74. The lowest BCUT2D eigenvalue weighted by Gasteiger charge is -2.24. The van der Waals surface area contributed by atoms with Crippen molar-refractivity contribution in [3.05, 3.63) is 0 Å². The number of nitrogens with zero attached hydrogens (tertiary/aromatic N) is 1. The second kappa shape index (κ2) is 9.44. The molecule has 3 N–H and O–H groups in total. The van der Waals surface area contributed by atoms with Crippen molar-refractivity contribution in [1.29, 1.82) is 0 Å². The van der Waals surface area contributed by atoms with Crippen LogP contribution in [0.2, 0.25) is 0 Å². The normalized spacial score (nSPS) is 13.5. The molecule has 0 heterocycles. The largest absolute Gasteiger partial charge is 0.315 e. The van der Waals surface area contributed by atoms with Crippen LogP contribution in [-0.4, -0.2) is 31.2 Å². The summed E-state index contributed by atoms with van der Waals surface area (Å²) in [6.45, 7) is 6.57. The monoisotopic (exact) mass is 201 g/mol. The lowest BCUT2D eigenvalue weighted by atomic mass is 10.1. The highest BCUT2D eigenvalue weighted by Gasteiger charge is 2.09. The van der Waals surface area contributed by atoms with E-state index in [-0.39, 0.29) is 0 Å². The van der Waals surface area contributed by atoms with Gasteiger partial charge < -0.3 is 5.32 Å². The molecule has 0 aliphatic rings. The van der Waals surface area contributed by atoms with E-state index in [4.69, 9.17) is 5.84 Å². The summed E-state index contributed by atoms with van der Waals surface area (Å²) in [5.41, 5.74) is 0. The maximum atomic E-state index is 5.79. The molecule has 14 heavy (non-hydrogen) atoms. The van der Waals surface area contributed by atoms with Gasteiger partial charge in [0.1, 0.15) is 0 Å². The Balaban J connectivity index is 3.52. The van der Waals surface area contributed by atoms with E-state index in [1.165, 1.54) is 32.1 Å². The Kier molecular flexibility index (Phi) is 9.35. The van der Waals surface area contributed by atoms with Crippen molar-refractivity contribution in [3.8, 4) is 0 Å². The number of likely N-dealkylation sites (N-methyl/N-ethyl adjacent to an activating group) is 1. The fourth-order valence-corrected chi connectivity index (χ4v) is 1.46. The van der Waals surface area contributed by atoms with Gasteiger partial charge in [-0.3, -0.25) is 5.84 Å². The summed E-state index contributed by atoms with van der Waals surface area (Å²) in [5.74, 6) is 5.79. The molecule has 3 nitrogen and oxygen atoms in total. The number of nitrogens with two attached hydrogens (primary N) is 1. The Morgan fingerprint density at radius 3 is 2.36 bits per heavy atom. The molecule has 0 spiro atoms. The van der Waals surface area contributed by atoms with Crippen LogP contribution in [0, 0.1) is 0 Å². The molecule has 1 atom stereocenters. The molecule has 0 aromatic rings. The van der Waals surface area contributed by atoms with Crippen LogP contribution in [0.25, 0.3) is 0 Å². The van der Waals surface area contributed by atoms with Gasteiger partial charge in [0, 0.05) is 19.6 Å². The Morgan fingerprint density at radius 2 is 1.86 bits per heavy atom. The number of nitrogens with one attached hydrogen (secondary N) is 1. The predicted molar refractivity (Wildman–Crippen MR) is 63.0 cm³/mol. The number of hydrazine groups is 1. The summed E-state index contributed by atoms with van der Waals surface area (Å²) >= 11 is 0. The molecule has 3 heteroatoms. The maximum Gasteiger partial charge on any atom is 0.0362 e. The molecular weight excluding hydrogens is 174 g/mol. The lowest BCUT2D eigenvalue weighted by molar-refractivity contribution is 0.226. The van der Waals surface area contributed by atoms with E-state index in [1.807, 2.05) is 12.1 Å². The van der Waals surface area contributed by atoms with Crippen LogP contribution in [0.3, 0.4) is 0 Å². The van der Waals surface area contributed by atoms with Crippen molar-refractivity contribution >= 4 is 0 Å². The van der Waals surface area contributed by atoms with Crippen LogP contribution in [-0.2, 0) is 0 Å². The Morgan fingerprint density at radius 1 is 1.21 bits per heavy atom. The first-order chi connectivity index (χ1) is 6.72. The Bertz CT molecular complexity index is 115. The molecule has 0 bridgehead atoms. The molecule has 0 radical (unpaired) electrons. The standard InChI is InChI=1S/C11H27N3/c1-4-6-8-11(14(3)12)10-13-9-7-5-2/h11,13H,4-10,12H2,1-3H3. The summed E-state index contributed by atoms with van der Waals surface area (Å²) in [5, 5.41) is 5.30. The third-order valence-corrected chi connectivity index (χ3v) is 2.55. The average Bonchev–Trinajstić information content (AvgIpc) is 2.16. The zero-order valence-corrected chi connectivity index (χ0v) is 10.1. The van der Waals surface area contributed by atoms with Crippen molar-refractivity contribution in [2.24, 2.45) is 5.84 Å². The van der Waals surface area contributed by atoms with Gasteiger partial charge in [0.2, 0.25) is 0 Å². The number of unbranched alkanes of at least 4 members (excludes halogenated alkanes) is 2. The van der Waals surface area contributed by atoms with Crippen molar-refractivity contribution in [2.45, 2.75) is 52.0 Å². The first kappa shape index (κ1) is 13.9. The third kappa shape index (κ3) is 7.30. The van der Waals surface area contributed by atoms with Crippen LogP contribution in [0.15, 0.2) is 0 Å². The van der Waals surface area contributed by atoms with Gasteiger partial charge in [0.05, 0.1) is 0 Å². The molecule has 0 saturated heterocycles. The lowest BCUT2D eigenvalue weighted by Crippen LogP contribution is -2.44. The molecule has 0 saturated carbocycles. The summed E-state index contributed by atoms with van der Waals surface area (Å²) in [6, 6.07) is 0.492. The average molecular weight is 201 g/mol. The third-order valence-electron chi connectivity index (χ3n) is 2.55. The summed E-state index contributed by atoms with van der Waals surface area (Å²) < 4.78 is 0. The molecule has 0 fully saturated rings. The zero-order valence-electron chi connectivity index (χ0n) is 10.1.